The lowest BCUT2D eigenvalue weighted by Crippen LogP contribution is -2.51. The van der Waals surface area contributed by atoms with Crippen LogP contribution in [-0.4, -0.2) is 90.3 Å². The lowest BCUT2D eigenvalue weighted by molar-refractivity contribution is 0.119. The van der Waals surface area contributed by atoms with Gasteiger partial charge in [-0.15, -0.1) is 0 Å². The van der Waals surface area contributed by atoms with E-state index in [0.717, 1.165) is 45.2 Å². The summed E-state index contributed by atoms with van der Waals surface area (Å²) in [6.45, 7) is 7.92. The monoisotopic (exact) mass is 321 g/mol. The van der Waals surface area contributed by atoms with Crippen molar-refractivity contribution in [3.8, 4) is 0 Å². The van der Waals surface area contributed by atoms with Crippen molar-refractivity contribution in [2.75, 3.05) is 53.9 Å². The van der Waals surface area contributed by atoms with Crippen LogP contribution in [0.15, 0.2) is 17.4 Å². The van der Waals surface area contributed by atoms with Gasteiger partial charge in [0.2, 0.25) is 0 Å². The Bertz CT molecular complexity index is 510. The standard InChI is InChI=1S/C16H31N7/c1-6-17-16(22(4)11-14-9-19-23(5)12-14)18-10-15-13-20(2)7-8-21(15)3/h9,12,15H,6-8,10-11,13H2,1-5H3,(H,17,18). The fourth-order valence-corrected chi connectivity index (χ4v) is 2.86. The van der Waals surface area contributed by atoms with Crippen LogP contribution in [0, 0.1) is 0 Å². The van der Waals surface area contributed by atoms with Crippen LogP contribution >= 0.6 is 0 Å². The Morgan fingerprint density at radius 1 is 1.39 bits per heavy atom. The van der Waals surface area contributed by atoms with Crippen LogP contribution in [-0.2, 0) is 13.6 Å². The number of nitrogens with zero attached hydrogens (tertiary/aromatic N) is 6. The maximum atomic E-state index is 4.86. The highest BCUT2D eigenvalue weighted by atomic mass is 15.3. The smallest absolute Gasteiger partial charge is 0.194 e. The Kier molecular flexibility index (Phi) is 6.41. The van der Waals surface area contributed by atoms with Crippen LogP contribution in [0.25, 0.3) is 0 Å². The highest BCUT2D eigenvalue weighted by Gasteiger charge is 2.22. The molecular formula is C16H31N7. The van der Waals surface area contributed by atoms with Gasteiger partial charge < -0.3 is 15.1 Å². The maximum absolute atomic E-state index is 4.86. The minimum Gasteiger partial charge on any atom is -0.357 e. The fraction of sp³-hybridized carbons (Fsp3) is 0.750. The molecule has 0 aliphatic carbocycles. The third kappa shape index (κ3) is 5.21. The minimum atomic E-state index is 0.481. The molecule has 1 atom stereocenters. The van der Waals surface area contributed by atoms with Gasteiger partial charge in [-0.3, -0.25) is 14.6 Å². The second-order valence-electron chi connectivity index (χ2n) is 6.47. The molecule has 23 heavy (non-hydrogen) atoms. The van der Waals surface area contributed by atoms with Crippen molar-refractivity contribution in [2.45, 2.75) is 19.5 Å². The van der Waals surface area contributed by atoms with Crippen LogP contribution < -0.4 is 5.32 Å². The molecule has 7 nitrogen and oxygen atoms in total. The Morgan fingerprint density at radius 3 is 2.83 bits per heavy atom. The van der Waals surface area contributed by atoms with Gasteiger partial charge in [-0.1, -0.05) is 0 Å². The highest BCUT2D eigenvalue weighted by molar-refractivity contribution is 5.79. The van der Waals surface area contributed by atoms with Gasteiger partial charge in [0.05, 0.1) is 12.7 Å². The number of hydrogen-bond donors (Lipinski definition) is 1. The summed E-state index contributed by atoms with van der Waals surface area (Å²) in [6, 6.07) is 0.481. The molecule has 130 valence electrons. The Labute approximate surface area is 140 Å². The van der Waals surface area contributed by atoms with Crippen LogP contribution in [0.2, 0.25) is 0 Å². The maximum Gasteiger partial charge on any atom is 0.194 e. The van der Waals surface area contributed by atoms with Gasteiger partial charge in [-0.2, -0.15) is 5.10 Å². The molecular weight excluding hydrogens is 290 g/mol. The molecule has 1 aromatic rings. The van der Waals surface area contributed by atoms with E-state index in [1.54, 1.807) is 0 Å². The van der Waals surface area contributed by atoms with E-state index < -0.39 is 0 Å². The zero-order valence-corrected chi connectivity index (χ0v) is 15.2. The molecule has 1 saturated heterocycles. The summed E-state index contributed by atoms with van der Waals surface area (Å²) in [5, 5.41) is 7.62. The van der Waals surface area contributed by atoms with Crippen molar-refractivity contribution < 1.29 is 0 Å². The van der Waals surface area contributed by atoms with Crippen molar-refractivity contribution in [3.63, 3.8) is 0 Å². The number of aromatic nitrogens is 2. The minimum absolute atomic E-state index is 0.481. The van der Waals surface area contributed by atoms with Gasteiger partial charge in [0, 0.05) is 64.6 Å². The molecule has 2 heterocycles. The molecule has 0 saturated carbocycles. The molecule has 1 fully saturated rings. The molecule has 0 aromatic carbocycles. The average Bonchev–Trinajstić information content (AvgIpc) is 2.91. The molecule has 1 unspecified atom stereocenters. The number of piperazine rings is 1. The number of rotatable bonds is 5. The van der Waals surface area contributed by atoms with E-state index in [4.69, 9.17) is 4.99 Å². The normalized spacial score (nSPS) is 20.7. The number of aryl methyl sites for hydroxylation is 1. The Balaban J connectivity index is 1.98. The molecule has 0 amide bonds. The highest BCUT2D eigenvalue weighted by Crippen LogP contribution is 2.07. The van der Waals surface area contributed by atoms with Crippen molar-refractivity contribution in [2.24, 2.45) is 12.0 Å². The average molecular weight is 321 g/mol. The Hall–Kier alpha value is -1.60. The molecule has 7 heteroatoms. The van der Waals surface area contributed by atoms with Crippen LogP contribution in [0.3, 0.4) is 0 Å². The third-order valence-corrected chi connectivity index (χ3v) is 4.31. The SMILES string of the molecule is CCNC(=NCC1CN(C)CCN1C)N(C)Cc1cnn(C)c1. The zero-order valence-electron chi connectivity index (χ0n) is 15.2. The summed E-state index contributed by atoms with van der Waals surface area (Å²) in [4.78, 5) is 11.8. The lowest BCUT2D eigenvalue weighted by atomic mass is 10.2. The van der Waals surface area contributed by atoms with E-state index in [2.05, 4.69) is 53.2 Å². The van der Waals surface area contributed by atoms with E-state index in [-0.39, 0.29) is 0 Å². The van der Waals surface area contributed by atoms with Gasteiger partial charge in [0.15, 0.2) is 5.96 Å². The van der Waals surface area contributed by atoms with Crippen molar-refractivity contribution in [3.05, 3.63) is 18.0 Å². The topological polar surface area (TPSA) is 51.9 Å². The number of aliphatic imine (C=N–C) groups is 1. The van der Waals surface area contributed by atoms with Crippen molar-refractivity contribution in [1.82, 2.24) is 29.8 Å². The number of nitrogens with one attached hydrogen (secondary N) is 1. The largest absolute Gasteiger partial charge is 0.357 e. The third-order valence-electron chi connectivity index (χ3n) is 4.31. The van der Waals surface area contributed by atoms with Gasteiger partial charge in [-0.05, 0) is 21.0 Å². The molecule has 0 radical (unpaired) electrons. The van der Waals surface area contributed by atoms with Gasteiger partial charge in [0.1, 0.15) is 0 Å². The summed E-state index contributed by atoms with van der Waals surface area (Å²) in [6.07, 6.45) is 3.95. The first-order chi connectivity index (χ1) is 11.0. The molecule has 0 bridgehead atoms. The molecule has 1 aliphatic rings. The van der Waals surface area contributed by atoms with Crippen molar-refractivity contribution in [1.29, 1.82) is 0 Å². The summed E-state index contributed by atoms with van der Waals surface area (Å²) >= 11 is 0. The summed E-state index contributed by atoms with van der Waals surface area (Å²) in [5.74, 6) is 0.956. The quantitative estimate of drug-likeness (QED) is 0.614. The second kappa shape index (κ2) is 8.31. The number of guanidine groups is 1. The van der Waals surface area contributed by atoms with Crippen LogP contribution in [0.5, 0.6) is 0 Å². The van der Waals surface area contributed by atoms with E-state index in [9.17, 15) is 0 Å². The summed E-state index contributed by atoms with van der Waals surface area (Å²) in [7, 11) is 8.40. The molecule has 1 aromatic heterocycles. The first kappa shape index (κ1) is 17.7. The zero-order chi connectivity index (χ0) is 16.8. The summed E-state index contributed by atoms with van der Waals surface area (Å²) in [5.41, 5.74) is 1.19. The fourth-order valence-electron chi connectivity index (χ4n) is 2.86. The van der Waals surface area contributed by atoms with Crippen LogP contribution in [0.4, 0.5) is 0 Å². The van der Waals surface area contributed by atoms with Gasteiger partial charge in [0.25, 0.3) is 0 Å². The molecule has 0 spiro atoms. The first-order valence-corrected chi connectivity index (χ1v) is 8.35. The van der Waals surface area contributed by atoms with E-state index in [0.29, 0.717) is 6.04 Å². The van der Waals surface area contributed by atoms with E-state index >= 15 is 0 Å². The molecule has 1 N–H and O–H groups in total. The summed E-state index contributed by atoms with van der Waals surface area (Å²) < 4.78 is 1.83. The molecule has 2 rings (SSSR count). The second-order valence-corrected chi connectivity index (χ2v) is 6.47. The predicted molar refractivity (Wildman–Crippen MR) is 94.6 cm³/mol. The number of hydrogen-bond acceptors (Lipinski definition) is 4. The Morgan fingerprint density at radius 2 is 2.17 bits per heavy atom. The van der Waals surface area contributed by atoms with Gasteiger partial charge in [-0.25, -0.2) is 0 Å². The predicted octanol–water partition coefficient (Wildman–Crippen LogP) is 0.0632. The molecule has 1 aliphatic heterocycles. The first-order valence-electron chi connectivity index (χ1n) is 8.35. The van der Waals surface area contributed by atoms with E-state index in [1.807, 2.05) is 24.1 Å². The van der Waals surface area contributed by atoms with Crippen molar-refractivity contribution >= 4 is 5.96 Å². The number of likely N-dealkylation sites (N-methyl/N-ethyl adjacent to an activating group) is 2. The van der Waals surface area contributed by atoms with E-state index in [1.165, 1.54) is 5.56 Å². The van der Waals surface area contributed by atoms with Crippen LogP contribution in [0.1, 0.15) is 12.5 Å². The lowest BCUT2D eigenvalue weighted by Gasteiger charge is -2.37. The van der Waals surface area contributed by atoms with Gasteiger partial charge >= 0.3 is 0 Å².